The van der Waals surface area contributed by atoms with Gasteiger partial charge in [-0.3, -0.25) is 9.59 Å². The number of thioether (sulfide) groups is 1. The van der Waals surface area contributed by atoms with Gasteiger partial charge >= 0.3 is 11.9 Å². The van der Waals surface area contributed by atoms with E-state index in [2.05, 4.69) is 11.2 Å². The van der Waals surface area contributed by atoms with Gasteiger partial charge in [-0.25, -0.2) is 0 Å². The number of hydrogen-bond donors (Lipinski definition) is 0. The molecule has 0 unspecified atom stereocenters. The van der Waals surface area contributed by atoms with E-state index >= 15 is 0 Å². The van der Waals surface area contributed by atoms with Crippen LogP contribution in [0.3, 0.4) is 0 Å². The minimum Gasteiger partial charge on any atom is -0.465 e. The Morgan fingerprint density at radius 3 is 2.07 bits per heavy atom. The Morgan fingerprint density at radius 1 is 0.931 bits per heavy atom. The van der Waals surface area contributed by atoms with Gasteiger partial charge in [0.15, 0.2) is 5.41 Å². The van der Waals surface area contributed by atoms with Gasteiger partial charge in [-0.2, -0.15) is 0 Å². The lowest BCUT2D eigenvalue weighted by atomic mass is 9.78. The molecule has 0 aliphatic carbocycles. The van der Waals surface area contributed by atoms with Crippen LogP contribution >= 0.6 is 11.8 Å². The second kappa shape index (κ2) is 11.3. The number of carbonyl (C=O) groups is 2. The van der Waals surface area contributed by atoms with Crippen LogP contribution in [0.2, 0.25) is 0 Å². The molecule has 0 fully saturated rings. The Labute approximate surface area is 177 Å². The van der Waals surface area contributed by atoms with Crippen LogP contribution in [0, 0.1) is 23.5 Å². The van der Waals surface area contributed by atoms with Crippen molar-refractivity contribution >= 4 is 23.7 Å². The van der Waals surface area contributed by atoms with Crippen LogP contribution in [-0.4, -0.2) is 25.2 Å². The molecule has 0 bridgehead atoms. The zero-order chi connectivity index (χ0) is 21.1. The van der Waals surface area contributed by atoms with Crippen molar-refractivity contribution in [2.75, 3.05) is 13.2 Å². The summed E-state index contributed by atoms with van der Waals surface area (Å²) >= 11 is 1.35. The minimum absolute atomic E-state index is 0.0262. The number of ether oxygens (including phenoxy) is 2. The summed E-state index contributed by atoms with van der Waals surface area (Å²) in [6, 6.07) is 17.4. The Morgan fingerprint density at radius 2 is 1.52 bits per heavy atom. The van der Waals surface area contributed by atoms with Crippen molar-refractivity contribution in [2.45, 2.75) is 38.5 Å². The van der Waals surface area contributed by atoms with E-state index in [1.165, 1.54) is 11.8 Å². The highest BCUT2D eigenvalue weighted by Gasteiger charge is 2.48. The van der Waals surface area contributed by atoms with E-state index in [-0.39, 0.29) is 26.1 Å². The van der Waals surface area contributed by atoms with E-state index in [1.807, 2.05) is 61.5 Å². The van der Waals surface area contributed by atoms with Crippen LogP contribution in [0.15, 0.2) is 59.5 Å². The quantitative estimate of drug-likeness (QED) is 0.271. The van der Waals surface area contributed by atoms with Crippen molar-refractivity contribution in [2.24, 2.45) is 5.41 Å². The fraction of sp³-hybridized carbons (Fsp3) is 0.333. The third-order valence-corrected chi connectivity index (χ3v) is 5.09. The molecule has 0 saturated heterocycles. The molecule has 2 aromatic carbocycles. The molecule has 2 rings (SSSR count). The predicted octanol–water partition coefficient (Wildman–Crippen LogP) is 4.79. The molecule has 0 radical (unpaired) electrons. The third-order valence-electron chi connectivity index (χ3n) is 4.33. The Bertz CT molecular complexity index is 845. The average Bonchev–Trinajstić information content (AvgIpc) is 2.73. The van der Waals surface area contributed by atoms with E-state index in [4.69, 9.17) is 9.47 Å². The smallest absolute Gasteiger partial charge is 0.324 e. The Kier molecular flexibility index (Phi) is 8.82. The summed E-state index contributed by atoms with van der Waals surface area (Å²) in [4.78, 5) is 26.8. The van der Waals surface area contributed by atoms with Crippen molar-refractivity contribution in [1.29, 1.82) is 0 Å². The highest BCUT2D eigenvalue weighted by molar-refractivity contribution is 8.03. The zero-order valence-electron chi connectivity index (χ0n) is 17.1. The summed E-state index contributed by atoms with van der Waals surface area (Å²) in [5.41, 5.74) is 0.464. The number of hydrogen-bond acceptors (Lipinski definition) is 5. The summed E-state index contributed by atoms with van der Waals surface area (Å²) in [5.74, 6) is 1.80. The molecule has 5 heteroatoms. The van der Waals surface area contributed by atoms with Gasteiger partial charge in [-0.1, -0.05) is 53.9 Å². The average molecular weight is 411 g/mol. The van der Waals surface area contributed by atoms with Gasteiger partial charge in [-0.15, -0.1) is 0 Å². The minimum atomic E-state index is -1.49. The lowest BCUT2D eigenvalue weighted by molar-refractivity contribution is -0.171. The van der Waals surface area contributed by atoms with E-state index < -0.39 is 17.4 Å². The number of benzene rings is 2. The van der Waals surface area contributed by atoms with E-state index in [1.54, 1.807) is 13.8 Å². The predicted molar refractivity (Wildman–Crippen MR) is 115 cm³/mol. The molecule has 0 aromatic heterocycles. The topological polar surface area (TPSA) is 52.6 Å². The number of rotatable bonds is 8. The lowest BCUT2D eigenvalue weighted by Gasteiger charge is -2.27. The van der Waals surface area contributed by atoms with Gasteiger partial charge in [0.1, 0.15) is 0 Å². The van der Waals surface area contributed by atoms with Crippen molar-refractivity contribution in [3.8, 4) is 11.2 Å². The first kappa shape index (κ1) is 22.6. The lowest BCUT2D eigenvalue weighted by Crippen LogP contribution is -2.43. The molecular weight excluding hydrogens is 384 g/mol. The van der Waals surface area contributed by atoms with Gasteiger partial charge in [-0.05, 0) is 55.5 Å². The maximum Gasteiger partial charge on any atom is 0.324 e. The second-order valence-electron chi connectivity index (χ2n) is 6.56. The highest BCUT2D eigenvalue weighted by atomic mass is 32.2. The summed E-state index contributed by atoms with van der Waals surface area (Å²) in [5, 5.41) is 3.00. The Hall–Kier alpha value is -2.71. The molecule has 4 nitrogen and oxygen atoms in total. The van der Waals surface area contributed by atoms with Gasteiger partial charge in [0.25, 0.3) is 0 Å². The normalized spacial score (nSPS) is 10.6. The molecule has 0 aliphatic heterocycles. The number of aryl methyl sites for hydroxylation is 1. The maximum atomic E-state index is 12.9. The molecule has 0 aliphatic rings. The van der Waals surface area contributed by atoms with E-state index in [0.29, 0.717) is 0 Å². The van der Waals surface area contributed by atoms with Crippen LogP contribution in [0.5, 0.6) is 0 Å². The molecule has 0 spiro atoms. The van der Waals surface area contributed by atoms with Crippen LogP contribution in [0.4, 0.5) is 0 Å². The zero-order valence-corrected chi connectivity index (χ0v) is 17.9. The molecular formula is C24H26O4S. The van der Waals surface area contributed by atoms with Crippen molar-refractivity contribution in [3.63, 3.8) is 0 Å². The van der Waals surface area contributed by atoms with Gasteiger partial charge in [0, 0.05) is 17.7 Å². The van der Waals surface area contributed by atoms with Gasteiger partial charge in [0.05, 0.1) is 13.2 Å². The van der Waals surface area contributed by atoms with Gasteiger partial charge < -0.3 is 9.47 Å². The van der Waals surface area contributed by atoms with Crippen molar-refractivity contribution in [1.82, 2.24) is 0 Å². The summed E-state index contributed by atoms with van der Waals surface area (Å²) in [6.07, 6.45) is 0.202. The molecule has 0 amide bonds. The fourth-order valence-corrected chi connectivity index (χ4v) is 3.35. The van der Waals surface area contributed by atoms with Crippen LogP contribution < -0.4 is 0 Å². The number of esters is 2. The summed E-state index contributed by atoms with van der Waals surface area (Å²) < 4.78 is 10.5. The molecule has 152 valence electrons. The van der Waals surface area contributed by atoms with E-state index in [9.17, 15) is 9.59 Å². The SMILES string of the molecule is CCOC(=O)C(CC#CSc1ccccc1)(Cc1ccc(C)cc1)C(=O)OCC. The van der Waals surface area contributed by atoms with Gasteiger partial charge in [0.2, 0.25) is 0 Å². The second-order valence-corrected chi connectivity index (χ2v) is 7.44. The van der Waals surface area contributed by atoms with Crippen LogP contribution in [-0.2, 0) is 25.5 Å². The molecule has 0 heterocycles. The first-order chi connectivity index (χ1) is 14.0. The van der Waals surface area contributed by atoms with Crippen molar-refractivity contribution < 1.29 is 19.1 Å². The first-order valence-electron chi connectivity index (χ1n) is 9.61. The molecule has 0 saturated carbocycles. The molecule has 0 atom stereocenters. The first-order valence-corrected chi connectivity index (χ1v) is 10.4. The van der Waals surface area contributed by atoms with E-state index in [0.717, 1.165) is 16.0 Å². The monoisotopic (exact) mass is 410 g/mol. The molecule has 29 heavy (non-hydrogen) atoms. The van der Waals surface area contributed by atoms with Crippen LogP contribution in [0.25, 0.3) is 0 Å². The Balaban J connectivity index is 2.33. The number of carbonyl (C=O) groups excluding carboxylic acids is 2. The maximum absolute atomic E-state index is 12.9. The largest absolute Gasteiger partial charge is 0.465 e. The molecule has 0 N–H and O–H groups in total. The summed E-state index contributed by atoms with van der Waals surface area (Å²) in [7, 11) is 0. The van der Waals surface area contributed by atoms with Crippen LogP contribution in [0.1, 0.15) is 31.4 Å². The fourth-order valence-electron chi connectivity index (χ4n) is 2.80. The standard InChI is InChI=1S/C24H26O4S/c1-4-27-22(25)24(23(26)28-5-2,18-20-14-12-19(3)13-15-20)16-9-17-29-21-10-7-6-8-11-21/h6-8,10-15H,4-5,16,18H2,1-3H3. The summed E-state index contributed by atoms with van der Waals surface area (Å²) in [6.45, 7) is 5.79. The highest BCUT2D eigenvalue weighted by Crippen LogP contribution is 2.31. The molecule has 2 aromatic rings. The van der Waals surface area contributed by atoms with Crippen molar-refractivity contribution in [3.05, 3.63) is 65.7 Å². The third kappa shape index (κ3) is 6.40.